The second-order valence-electron chi connectivity index (χ2n) is 7.36. The molecule has 0 radical (unpaired) electrons. The summed E-state index contributed by atoms with van der Waals surface area (Å²) < 4.78 is 6.95. The van der Waals surface area contributed by atoms with E-state index in [1.807, 2.05) is 0 Å². The quantitative estimate of drug-likeness (QED) is 0.624. The summed E-state index contributed by atoms with van der Waals surface area (Å²) in [6, 6.07) is 1.77. The van der Waals surface area contributed by atoms with Crippen molar-refractivity contribution in [3.05, 3.63) is 35.9 Å². The van der Waals surface area contributed by atoms with Gasteiger partial charge in [0.2, 0.25) is 0 Å². The molecule has 6 heteroatoms. The summed E-state index contributed by atoms with van der Waals surface area (Å²) in [7, 11) is 0. The lowest BCUT2D eigenvalue weighted by Crippen LogP contribution is -2.48. The van der Waals surface area contributed by atoms with Crippen LogP contribution in [-0.2, 0) is 16.0 Å². The summed E-state index contributed by atoms with van der Waals surface area (Å²) >= 11 is 0. The molecule has 1 saturated carbocycles. The highest BCUT2D eigenvalue weighted by atomic mass is 16.5. The highest BCUT2D eigenvalue weighted by Gasteiger charge is 2.50. The molecular weight excluding hydrogens is 304 g/mol. The number of hydrogen-bond acceptors (Lipinski definition) is 5. The first-order valence-electron chi connectivity index (χ1n) is 8.55. The highest BCUT2D eigenvalue weighted by molar-refractivity contribution is 5.71. The van der Waals surface area contributed by atoms with Crippen LogP contribution in [0, 0.1) is 17.3 Å². The molecule has 2 atom stereocenters. The standard InChI is InChI=1S/C18H22N4O2/c1-18(2)13-5-4-12(14(18)10-13)6-9-24-16(23)11-15-20-17-19-7-3-8-22(17)21-15/h3-4,7-8,13-14H,5-6,9-11H2,1-2H3. The lowest BCUT2D eigenvalue weighted by molar-refractivity contribution is -0.143. The Labute approximate surface area is 140 Å². The smallest absolute Gasteiger partial charge is 0.313 e. The molecule has 0 saturated heterocycles. The molecule has 0 spiro atoms. The predicted molar refractivity (Wildman–Crippen MR) is 88.1 cm³/mol. The molecule has 3 aliphatic rings. The number of aromatic nitrogens is 4. The van der Waals surface area contributed by atoms with Crippen molar-refractivity contribution in [1.29, 1.82) is 0 Å². The number of hydrogen-bond donors (Lipinski definition) is 0. The Morgan fingerprint density at radius 2 is 2.33 bits per heavy atom. The van der Waals surface area contributed by atoms with Gasteiger partial charge in [-0.2, -0.15) is 4.98 Å². The molecule has 0 aliphatic heterocycles. The number of esters is 1. The number of ether oxygens (including phenoxy) is 1. The minimum Gasteiger partial charge on any atom is -0.465 e. The van der Waals surface area contributed by atoms with E-state index in [1.165, 1.54) is 18.4 Å². The number of rotatable bonds is 5. The Balaban J connectivity index is 1.29. The van der Waals surface area contributed by atoms with E-state index in [4.69, 9.17) is 4.74 Å². The molecule has 0 N–H and O–H groups in total. The molecule has 0 amide bonds. The van der Waals surface area contributed by atoms with Crippen LogP contribution in [-0.4, -0.2) is 32.2 Å². The lowest BCUT2D eigenvalue weighted by Gasteiger charge is -2.56. The first-order chi connectivity index (χ1) is 11.5. The molecule has 2 aromatic rings. The summed E-state index contributed by atoms with van der Waals surface area (Å²) in [5.41, 5.74) is 1.88. The monoisotopic (exact) mass is 326 g/mol. The van der Waals surface area contributed by atoms with Crippen LogP contribution in [0.15, 0.2) is 30.1 Å². The van der Waals surface area contributed by atoms with Crippen molar-refractivity contribution in [2.24, 2.45) is 17.3 Å². The van der Waals surface area contributed by atoms with Gasteiger partial charge in [-0.05, 0) is 36.2 Å². The van der Waals surface area contributed by atoms with Gasteiger partial charge in [-0.15, -0.1) is 5.10 Å². The van der Waals surface area contributed by atoms with Gasteiger partial charge in [0.05, 0.1) is 6.61 Å². The minimum absolute atomic E-state index is 0.0827. The van der Waals surface area contributed by atoms with Gasteiger partial charge in [0.1, 0.15) is 6.42 Å². The molecule has 6 nitrogen and oxygen atoms in total. The molecule has 24 heavy (non-hydrogen) atoms. The number of carbonyl (C=O) groups excluding carboxylic acids is 1. The maximum atomic E-state index is 12.0. The van der Waals surface area contributed by atoms with Crippen LogP contribution in [0.1, 0.15) is 38.9 Å². The normalized spacial score (nSPS) is 24.3. The minimum atomic E-state index is -0.284. The second-order valence-corrected chi connectivity index (χ2v) is 7.36. The van der Waals surface area contributed by atoms with E-state index in [2.05, 4.69) is 35.0 Å². The number of allylic oxidation sites excluding steroid dienone is 1. The molecule has 2 heterocycles. The summed E-state index contributed by atoms with van der Waals surface area (Å²) in [5, 5.41) is 4.22. The van der Waals surface area contributed by atoms with Crippen molar-refractivity contribution < 1.29 is 9.53 Å². The maximum absolute atomic E-state index is 12.0. The van der Waals surface area contributed by atoms with Crippen LogP contribution in [0.2, 0.25) is 0 Å². The number of fused-ring (bicyclic) bond motifs is 2. The third-order valence-electron chi connectivity index (χ3n) is 5.70. The van der Waals surface area contributed by atoms with Crippen LogP contribution in [0.4, 0.5) is 0 Å². The van der Waals surface area contributed by atoms with E-state index in [0.29, 0.717) is 29.5 Å². The van der Waals surface area contributed by atoms with Gasteiger partial charge < -0.3 is 4.74 Å². The predicted octanol–water partition coefficient (Wildman–Crippen LogP) is 2.59. The van der Waals surface area contributed by atoms with Gasteiger partial charge in [0.15, 0.2) is 5.82 Å². The van der Waals surface area contributed by atoms with Gasteiger partial charge in [-0.25, -0.2) is 9.50 Å². The van der Waals surface area contributed by atoms with E-state index in [1.54, 1.807) is 23.0 Å². The second kappa shape index (κ2) is 5.69. The zero-order valence-electron chi connectivity index (χ0n) is 14.1. The van der Waals surface area contributed by atoms with Crippen molar-refractivity contribution >= 4 is 11.7 Å². The number of nitrogens with zero attached hydrogens (tertiary/aromatic N) is 4. The average Bonchev–Trinajstić information content (AvgIpc) is 2.96. The Kier molecular flexibility index (Phi) is 3.62. The molecule has 1 fully saturated rings. The third kappa shape index (κ3) is 2.60. The molecule has 2 unspecified atom stereocenters. The summed E-state index contributed by atoms with van der Waals surface area (Å²) in [6.07, 6.45) is 9.15. The fourth-order valence-electron chi connectivity index (χ4n) is 4.07. The molecular formula is C18H22N4O2. The van der Waals surface area contributed by atoms with Crippen molar-refractivity contribution in [1.82, 2.24) is 19.6 Å². The maximum Gasteiger partial charge on any atom is 0.313 e. The summed E-state index contributed by atoms with van der Waals surface area (Å²) in [4.78, 5) is 20.3. The van der Waals surface area contributed by atoms with E-state index in [0.717, 1.165) is 12.3 Å². The lowest BCUT2D eigenvalue weighted by atomic mass is 9.48. The van der Waals surface area contributed by atoms with Crippen LogP contribution >= 0.6 is 0 Å². The molecule has 2 aromatic heterocycles. The molecule has 2 bridgehead atoms. The van der Waals surface area contributed by atoms with Gasteiger partial charge in [-0.3, -0.25) is 4.79 Å². The van der Waals surface area contributed by atoms with Crippen molar-refractivity contribution in [3.8, 4) is 0 Å². The van der Waals surface area contributed by atoms with Crippen LogP contribution in [0.3, 0.4) is 0 Å². The Morgan fingerprint density at radius 3 is 3.08 bits per heavy atom. The van der Waals surface area contributed by atoms with Crippen LogP contribution in [0.25, 0.3) is 5.78 Å². The third-order valence-corrected chi connectivity index (χ3v) is 5.70. The Bertz CT molecular complexity index is 775. The van der Waals surface area contributed by atoms with Gasteiger partial charge >= 0.3 is 5.97 Å². The number of carbonyl (C=O) groups is 1. The fraction of sp³-hybridized carbons (Fsp3) is 0.556. The Hall–Kier alpha value is -2.24. The van der Waals surface area contributed by atoms with Gasteiger partial charge in [-0.1, -0.05) is 25.5 Å². The molecule has 3 aliphatic carbocycles. The summed E-state index contributed by atoms with van der Waals surface area (Å²) in [5.74, 6) is 2.16. The van der Waals surface area contributed by atoms with E-state index < -0.39 is 0 Å². The zero-order chi connectivity index (χ0) is 16.7. The van der Waals surface area contributed by atoms with Crippen LogP contribution in [0.5, 0.6) is 0 Å². The molecule has 0 aromatic carbocycles. The Morgan fingerprint density at radius 1 is 1.46 bits per heavy atom. The van der Waals surface area contributed by atoms with E-state index in [9.17, 15) is 4.79 Å². The molecule has 5 rings (SSSR count). The SMILES string of the molecule is CC1(C)C2CC=C(CCOC(=O)Cc3nc4ncccn4n3)C1C2. The van der Waals surface area contributed by atoms with Gasteiger partial charge in [0.25, 0.3) is 5.78 Å². The molecule has 126 valence electrons. The van der Waals surface area contributed by atoms with Crippen LogP contribution < -0.4 is 0 Å². The average molecular weight is 326 g/mol. The van der Waals surface area contributed by atoms with Crippen molar-refractivity contribution in [2.45, 2.75) is 39.5 Å². The largest absolute Gasteiger partial charge is 0.465 e. The highest BCUT2D eigenvalue weighted by Crippen LogP contribution is 2.59. The zero-order valence-corrected chi connectivity index (χ0v) is 14.1. The first kappa shape index (κ1) is 15.3. The van der Waals surface area contributed by atoms with Gasteiger partial charge in [0, 0.05) is 18.8 Å². The fourth-order valence-corrected chi connectivity index (χ4v) is 4.07. The first-order valence-corrected chi connectivity index (χ1v) is 8.55. The van der Waals surface area contributed by atoms with E-state index >= 15 is 0 Å². The summed E-state index contributed by atoms with van der Waals surface area (Å²) in [6.45, 7) is 5.15. The topological polar surface area (TPSA) is 69.4 Å². The van der Waals surface area contributed by atoms with Crippen molar-refractivity contribution in [2.75, 3.05) is 6.61 Å². The van der Waals surface area contributed by atoms with Crippen molar-refractivity contribution in [3.63, 3.8) is 0 Å². The van der Waals surface area contributed by atoms with E-state index in [-0.39, 0.29) is 12.4 Å².